The molecule has 0 aromatic heterocycles. The Kier molecular flexibility index (Phi) is 3.55. The highest BCUT2D eigenvalue weighted by Crippen LogP contribution is 2.67. The van der Waals surface area contributed by atoms with Crippen molar-refractivity contribution in [1.82, 2.24) is 0 Å². The van der Waals surface area contributed by atoms with E-state index in [4.69, 9.17) is 10.5 Å². The zero-order valence-corrected chi connectivity index (χ0v) is 17.4. The first kappa shape index (κ1) is 18.3. The lowest BCUT2D eigenvalue weighted by Crippen LogP contribution is -2.66. The van der Waals surface area contributed by atoms with Gasteiger partial charge in [0, 0.05) is 17.4 Å². The lowest BCUT2D eigenvalue weighted by atomic mass is 9.43. The van der Waals surface area contributed by atoms with Crippen LogP contribution in [0.1, 0.15) is 70.1 Å². The highest BCUT2D eigenvalue weighted by molar-refractivity contribution is 6.04. The van der Waals surface area contributed by atoms with Crippen LogP contribution in [-0.2, 0) is 13.0 Å². The fourth-order valence-corrected chi connectivity index (χ4v) is 7.20. The Hall–Kier alpha value is -1.75. The van der Waals surface area contributed by atoms with Crippen LogP contribution in [0.25, 0.3) is 0 Å². The van der Waals surface area contributed by atoms with Crippen molar-refractivity contribution in [2.45, 2.75) is 78.0 Å². The minimum absolute atomic E-state index is 0.0732. The molecule has 5 heteroatoms. The Morgan fingerprint density at radius 3 is 2.71 bits per heavy atom. The van der Waals surface area contributed by atoms with Crippen LogP contribution in [0.2, 0.25) is 0 Å². The quantitative estimate of drug-likeness (QED) is 0.639. The maximum atomic E-state index is 10.8. The van der Waals surface area contributed by atoms with Gasteiger partial charge in [-0.15, -0.1) is 0 Å². The van der Waals surface area contributed by atoms with Gasteiger partial charge in [-0.2, -0.15) is 0 Å². The van der Waals surface area contributed by atoms with E-state index in [2.05, 4.69) is 32.7 Å². The molecular formula is C23H32N2O3. The van der Waals surface area contributed by atoms with Crippen molar-refractivity contribution in [3.05, 3.63) is 22.8 Å². The summed E-state index contributed by atoms with van der Waals surface area (Å²) in [5, 5.41) is 21.5. The van der Waals surface area contributed by atoms with E-state index < -0.39 is 0 Å². The molecule has 5 rings (SSSR count). The Bertz CT molecular complexity index is 892. The first-order valence-corrected chi connectivity index (χ1v) is 10.7. The van der Waals surface area contributed by atoms with E-state index in [1.54, 1.807) is 0 Å². The zero-order chi connectivity index (χ0) is 20.1. The summed E-state index contributed by atoms with van der Waals surface area (Å²) in [7, 11) is 0. The van der Waals surface area contributed by atoms with Crippen LogP contribution in [0.5, 0.6) is 11.5 Å². The predicted octanol–water partition coefficient (Wildman–Crippen LogP) is 3.52. The molecule has 2 fully saturated rings. The van der Waals surface area contributed by atoms with Gasteiger partial charge in [-0.1, -0.05) is 27.7 Å². The van der Waals surface area contributed by atoms with Gasteiger partial charge in [0.05, 0.1) is 18.2 Å². The molecule has 1 spiro atoms. The summed E-state index contributed by atoms with van der Waals surface area (Å²) in [6, 6.07) is 1.82. The van der Waals surface area contributed by atoms with E-state index in [0.29, 0.717) is 36.4 Å². The number of phenols is 1. The van der Waals surface area contributed by atoms with Crippen LogP contribution in [-0.4, -0.2) is 27.8 Å². The van der Waals surface area contributed by atoms with Gasteiger partial charge in [0.25, 0.3) is 0 Å². The second-order valence-corrected chi connectivity index (χ2v) is 10.4. The number of benzene rings is 1. The molecule has 0 amide bonds. The Balaban J connectivity index is 1.66. The number of nitrogens with two attached hydrogens (primary N) is 1. The number of nitrogens with zero attached hydrogens (tertiary/aromatic N) is 1. The molecule has 152 valence electrons. The molecular weight excluding hydrogens is 352 g/mol. The molecule has 2 heterocycles. The van der Waals surface area contributed by atoms with Crippen molar-refractivity contribution in [1.29, 1.82) is 0 Å². The van der Waals surface area contributed by atoms with Crippen molar-refractivity contribution < 1.29 is 14.9 Å². The van der Waals surface area contributed by atoms with E-state index in [0.717, 1.165) is 48.1 Å². The van der Waals surface area contributed by atoms with E-state index in [1.807, 2.05) is 6.07 Å². The topological polar surface area (TPSA) is 88.1 Å². The Labute approximate surface area is 167 Å². The average Bonchev–Trinajstić information content (AvgIpc) is 3.20. The van der Waals surface area contributed by atoms with Crippen molar-refractivity contribution in [2.24, 2.45) is 33.4 Å². The van der Waals surface area contributed by atoms with Crippen LogP contribution >= 0.6 is 0 Å². The van der Waals surface area contributed by atoms with Crippen molar-refractivity contribution in [3.8, 4) is 11.5 Å². The monoisotopic (exact) mass is 384 g/mol. The highest BCUT2D eigenvalue weighted by atomic mass is 16.5. The third-order valence-corrected chi connectivity index (χ3v) is 8.96. The number of fused-ring (bicyclic) bond motifs is 5. The first-order valence-electron chi connectivity index (χ1n) is 10.7. The summed E-state index contributed by atoms with van der Waals surface area (Å²) < 4.78 is 6.94. The lowest BCUT2D eigenvalue weighted by molar-refractivity contribution is -0.210. The summed E-state index contributed by atoms with van der Waals surface area (Å²) in [5.41, 5.74) is 8.32. The maximum absolute atomic E-state index is 10.8. The molecule has 0 saturated heterocycles. The summed E-state index contributed by atoms with van der Waals surface area (Å²) in [4.78, 5) is 4.38. The minimum atomic E-state index is -0.384. The summed E-state index contributed by atoms with van der Waals surface area (Å²) in [6.45, 7) is 9.59. The molecule has 0 bridgehead atoms. The fourth-order valence-electron chi connectivity index (χ4n) is 7.20. The Morgan fingerprint density at radius 2 is 1.96 bits per heavy atom. The van der Waals surface area contributed by atoms with Crippen LogP contribution in [0, 0.1) is 22.7 Å². The maximum Gasteiger partial charge on any atom is 0.138 e. The third kappa shape index (κ3) is 1.99. The number of aliphatic imine (C=N–C) groups is 1. The van der Waals surface area contributed by atoms with Crippen LogP contribution in [0.3, 0.4) is 0 Å². The fraction of sp³-hybridized carbons (Fsp3) is 0.696. The molecule has 4 aliphatic rings. The Morgan fingerprint density at radius 1 is 1.21 bits per heavy atom. The van der Waals surface area contributed by atoms with Crippen molar-refractivity contribution in [2.75, 3.05) is 0 Å². The van der Waals surface area contributed by atoms with Crippen LogP contribution in [0.4, 0.5) is 0 Å². The molecule has 5 nitrogen and oxygen atoms in total. The SMILES string of the molecule is C[C@@H]1CC[C@@H]2C(C)(C)[C@H](O)CC[C@]2(C)[C@@]12Cc1c(O)cc3c(c1O2)C(N)=NC3. The summed E-state index contributed by atoms with van der Waals surface area (Å²) in [6.07, 6.45) is 4.33. The molecule has 2 saturated carbocycles. The molecule has 4 N–H and O–H groups in total. The number of hydrogen-bond acceptors (Lipinski definition) is 5. The molecule has 1 aromatic carbocycles. The van der Waals surface area contributed by atoms with E-state index in [9.17, 15) is 10.2 Å². The van der Waals surface area contributed by atoms with Gasteiger partial charge in [-0.3, -0.25) is 4.99 Å². The highest BCUT2D eigenvalue weighted by Gasteiger charge is 2.67. The van der Waals surface area contributed by atoms with E-state index in [1.165, 1.54) is 0 Å². The number of ether oxygens (including phenoxy) is 1. The summed E-state index contributed by atoms with van der Waals surface area (Å²) in [5.74, 6) is 2.32. The number of aromatic hydroxyl groups is 1. The number of amidine groups is 1. The van der Waals surface area contributed by atoms with Gasteiger partial charge in [0.2, 0.25) is 0 Å². The largest absolute Gasteiger partial charge is 0.508 e. The number of aliphatic hydroxyl groups excluding tert-OH is 1. The van der Waals surface area contributed by atoms with Crippen LogP contribution in [0.15, 0.2) is 11.1 Å². The van der Waals surface area contributed by atoms with Gasteiger partial charge in [0.1, 0.15) is 22.9 Å². The van der Waals surface area contributed by atoms with Crippen LogP contribution < -0.4 is 10.5 Å². The predicted molar refractivity (Wildman–Crippen MR) is 109 cm³/mol. The molecule has 5 atom stereocenters. The average molecular weight is 385 g/mol. The van der Waals surface area contributed by atoms with Gasteiger partial charge >= 0.3 is 0 Å². The molecule has 0 unspecified atom stereocenters. The zero-order valence-electron chi connectivity index (χ0n) is 17.4. The number of rotatable bonds is 0. The number of hydrogen-bond donors (Lipinski definition) is 3. The molecule has 2 aliphatic carbocycles. The van der Waals surface area contributed by atoms with Gasteiger partial charge < -0.3 is 20.7 Å². The third-order valence-electron chi connectivity index (χ3n) is 8.96. The second kappa shape index (κ2) is 5.44. The number of aliphatic hydroxyl groups is 1. The standard InChI is InChI=1S/C23H32N2O3/c1-12-5-6-16-21(2,3)17(27)7-8-22(16,4)23(12)10-14-15(26)9-13-11-25-20(24)18(13)19(14)28-23/h9,12,16-17,26-27H,5-8,10-11H2,1-4H3,(H2,24,25)/t12-,16-,17-,22+,23-/m1/s1. The van der Waals surface area contributed by atoms with E-state index in [-0.39, 0.29) is 22.5 Å². The smallest absolute Gasteiger partial charge is 0.138 e. The van der Waals surface area contributed by atoms with Gasteiger partial charge in [0.15, 0.2) is 0 Å². The molecule has 1 aromatic rings. The minimum Gasteiger partial charge on any atom is -0.508 e. The normalized spacial score (nSPS) is 40.5. The van der Waals surface area contributed by atoms with Gasteiger partial charge in [-0.25, -0.2) is 0 Å². The number of phenolic OH excluding ortho intramolecular Hbond substituents is 1. The summed E-state index contributed by atoms with van der Waals surface area (Å²) >= 11 is 0. The molecule has 0 radical (unpaired) electrons. The second-order valence-electron chi connectivity index (χ2n) is 10.4. The van der Waals surface area contributed by atoms with Gasteiger partial charge in [-0.05, 0) is 54.6 Å². The van der Waals surface area contributed by atoms with Crippen molar-refractivity contribution in [3.63, 3.8) is 0 Å². The first-order chi connectivity index (χ1) is 13.1. The van der Waals surface area contributed by atoms with Crippen molar-refractivity contribution >= 4 is 5.84 Å². The molecule has 2 aliphatic heterocycles. The molecule has 28 heavy (non-hydrogen) atoms. The van der Waals surface area contributed by atoms with E-state index >= 15 is 0 Å². The lowest BCUT2D eigenvalue weighted by Gasteiger charge is -2.64.